The predicted molar refractivity (Wildman–Crippen MR) is 86.8 cm³/mol. The molecule has 0 fully saturated rings. The third-order valence-electron chi connectivity index (χ3n) is 3.73. The molecular formula is C18H31NO. The third kappa shape index (κ3) is 6.53. The third-order valence-corrected chi connectivity index (χ3v) is 3.73. The maximum Gasteiger partial charge on any atom is 0.0690 e. The Balaban J connectivity index is 2.66. The van der Waals surface area contributed by atoms with Gasteiger partial charge in [0.2, 0.25) is 0 Å². The van der Waals surface area contributed by atoms with E-state index in [1.54, 1.807) is 0 Å². The largest absolute Gasteiger partial charge is 0.392 e. The Bertz CT molecular complexity index is 387. The SMILES string of the molecule is Cc1cccc(CN(CCC(C)C)CC(O)C(C)C)c1. The highest BCUT2D eigenvalue weighted by molar-refractivity contribution is 5.22. The van der Waals surface area contributed by atoms with E-state index >= 15 is 0 Å². The number of hydrogen-bond acceptors (Lipinski definition) is 2. The maximum atomic E-state index is 10.2. The quantitative estimate of drug-likeness (QED) is 0.780. The molecular weight excluding hydrogens is 246 g/mol. The van der Waals surface area contributed by atoms with E-state index in [2.05, 4.69) is 63.8 Å². The zero-order valence-corrected chi connectivity index (χ0v) is 13.8. The molecule has 0 aliphatic heterocycles. The van der Waals surface area contributed by atoms with E-state index in [9.17, 15) is 5.11 Å². The average molecular weight is 277 g/mol. The van der Waals surface area contributed by atoms with Gasteiger partial charge < -0.3 is 5.11 Å². The second kappa shape index (κ2) is 8.43. The van der Waals surface area contributed by atoms with Gasteiger partial charge in [-0.25, -0.2) is 0 Å². The Hall–Kier alpha value is -0.860. The summed E-state index contributed by atoms with van der Waals surface area (Å²) in [6.45, 7) is 13.5. The summed E-state index contributed by atoms with van der Waals surface area (Å²) in [6, 6.07) is 8.66. The highest BCUT2D eigenvalue weighted by Gasteiger charge is 2.15. The van der Waals surface area contributed by atoms with E-state index in [1.165, 1.54) is 17.5 Å². The van der Waals surface area contributed by atoms with Crippen LogP contribution in [0.3, 0.4) is 0 Å². The molecule has 1 N–H and O–H groups in total. The molecule has 0 bridgehead atoms. The van der Waals surface area contributed by atoms with Gasteiger partial charge >= 0.3 is 0 Å². The molecule has 20 heavy (non-hydrogen) atoms. The highest BCUT2D eigenvalue weighted by Crippen LogP contribution is 2.12. The lowest BCUT2D eigenvalue weighted by molar-refractivity contribution is 0.0711. The van der Waals surface area contributed by atoms with Crippen molar-refractivity contribution in [1.29, 1.82) is 0 Å². The smallest absolute Gasteiger partial charge is 0.0690 e. The van der Waals surface area contributed by atoms with E-state index in [-0.39, 0.29) is 6.10 Å². The van der Waals surface area contributed by atoms with Crippen LogP contribution < -0.4 is 0 Å². The van der Waals surface area contributed by atoms with Crippen molar-refractivity contribution in [2.24, 2.45) is 11.8 Å². The summed E-state index contributed by atoms with van der Waals surface area (Å²) in [5.41, 5.74) is 2.64. The Kier molecular flexibility index (Phi) is 7.25. The van der Waals surface area contributed by atoms with Crippen LogP contribution in [0.2, 0.25) is 0 Å². The molecule has 0 aromatic heterocycles. The molecule has 0 radical (unpaired) electrons. The summed E-state index contributed by atoms with van der Waals surface area (Å²) in [5, 5.41) is 10.2. The van der Waals surface area contributed by atoms with Crippen molar-refractivity contribution in [1.82, 2.24) is 4.90 Å². The van der Waals surface area contributed by atoms with Crippen LogP contribution in [0.1, 0.15) is 45.2 Å². The van der Waals surface area contributed by atoms with E-state index in [0.717, 1.165) is 19.6 Å². The molecule has 1 aromatic rings. The fourth-order valence-electron chi connectivity index (χ4n) is 2.22. The van der Waals surface area contributed by atoms with Crippen molar-refractivity contribution in [2.45, 2.75) is 53.7 Å². The fourth-order valence-corrected chi connectivity index (χ4v) is 2.22. The molecule has 2 nitrogen and oxygen atoms in total. The van der Waals surface area contributed by atoms with Gasteiger partial charge in [-0.3, -0.25) is 4.90 Å². The van der Waals surface area contributed by atoms with Gasteiger partial charge in [-0.05, 0) is 37.3 Å². The molecule has 0 spiro atoms. The van der Waals surface area contributed by atoms with E-state index in [4.69, 9.17) is 0 Å². The normalized spacial score (nSPS) is 13.4. The van der Waals surface area contributed by atoms with Gasteiger partial charge in [-0.15, -0.1) is 0 Å². The molecule has 1 atom stereocenters. The second-order valence-corrected chi connectivity index (χ2v) is 6.72. The van der Waals surface area contributed by atoms with E-state index < -0.39 is 0 Å². The molecule has 1 aromatic carbocycles. The summed E-state index contributed by atoms with van der Waals surface area (Å²) in [6.07, 6.45) is 0.934. The molecule has 1 unspecified atom stereocenters. The van der Waals surface area contributed by atoms with Crippen LogP contribution in [0.4, 0.5) is 0 Å². The number of aryl methyl sites for hydroxylation is 1. The van der Waals surface area contributed by atoms with Crippen LogP contribution in [-0.2, 0) is 6.54 Å². The van der Waals surface area contributed by atoms with E-state index in [1.807, 2.05) is 0 Å². The lowest BCUT2D eigenvalue weighted by atomic mass is 10.0. The van der Waals surface area contributed by atoms with Gasteiger partial charge in [-0.2, -0.15) is 0 Å². The number of nitrogens with zero attached hydrogens (tertiary/aromatic N) is 1. The van der Waals surface area contributed by atoms with Crippen LogP contribution in [-0.4, -0.2) is 29.2 Å². The number of aliphatic hydroxyl groups is 1. The minimum atomic E-state index is -0.244. The summed E-state index contributed by atoms with van der Waals surface area (Å²) >= 11 is 0. The van der Waals surface area contributed by atoms with Crippen molar-refractivity contribution in [3.8, 4) is 0 Å². The average Bonchev–Trinajstić information content (AvgIpc) is 2.35. The molecule has 1 rings (SSSR count). The minimum Gasteiger partial charge on any atom is -0.392 e. The molecule has 0 saturated carbocycles. The molecule has 0 amide bonds. The van der Waals surface area contributed by atoms with Gasteiger partial charge in [0.05, 0.1) is 6.10 Å². The van der Waals surface area contributed by atoms with Crippen LogP contribution >= 0.6 is 0 Å². The maximum absolute atomic E-state index is 10.2. The fraction of sp³-hybridized carbons (Fsp3) is 0.667. The zero-order valence-electron chi connectivity index (χ0n) is 13.8. The summed E-state index contributed by atoms with van der Waals surface area (Å²) < 4.78 is 0. The standard InChI is InChI=1S/C18H31NO/c1-14(2)9-10-19(13-18(20)15(3)4)12-17-8-6-7-16(5)11-17/h6-8,11,14-15,18,20H,9-10,12-13H2,1-5H3. The Morgan fingerprint density at radius 2 is 1.85 bits per heavy atom. The molecule has 0 heterocycles. The van der Waals surface area contributed by atoms with E-state index in [0.29, 0.717) is 11.8 Å². The predicted octanol–water partition coefficient (Wildman–Crippen LogP) is 3.86. The first-order valence-electron chi connectivity index (χ1n) is 7.84. The Labute approximate surface area is 124 Å². The van der Waals surface area contributed by atoms with Crippen molar-refractivity contribution in [3.63, 3.8) is 0 Å². The zero-order chi connectivity index (χ0) is 15.1. The first-order valence-corrected chi connectivity index (χ1v) is 7.84. The summed E-state index contributed by atoms with van der Waals surface area (Å²) in [5.74, 6) is 1.01. The van der Waals surface area contributed by atoms with Crippen LogP contribution in [0.25, 0.3) is 0 Å². The van der Waals surface area contributed by atoms with Gasteiger partial charge in [0.1, 0.15) is 0 Å². The first kappa shape index (κ1) is 17.2. The molecule has 0 aliphatic rings. The van der Waals surface area contributed by atoms with Crippen LogP contribution in [0.5, 0.6) is 0 Å². The molecule has 0 aliphatic carbocycles. The van der Waals surface area contributed by atoms with Gasteiger partial charge in [0.25, 0.3) is 0 Å². The van der Waals surface area contributed by atoms with Crippen molar-refractivity contribution < 1.29 is 5.11 Å². The molecule has 0 saturated heterocycles. The van der Waals surface area contributed by atoms with Crippen molar-refractivity contribution in [2.75, 3.05) is 13.1 Å². The Morgan fingerprint density at radius 1 is 1.15 bits per heavy atom. The number of aliphatic hydroxyl groups excluding tert-OH is 1. The van der Waals surface area contributed by atoms with Crippen molar-refractivity contribution >= 4 is 0 Å². The number of benzene rings is 1. The highest BCUT2D eigenvalue weighted by atomic mass is 16.3. The van der Waals surface area contributed by atoms with Crippen LogP contribution in [0.15, 0.2) is 24.3 Å². The number of rotatable bonds is 8. The van der Waals surface area contributed by atoms with Crippen molar-refractivity contribution in [3.05, 3.63) is 35.4 Å². The Morgan fingerprint density at radius 3 is 2.40 bits per heavy atom. The summed E-state index contributed by atoms with van der Waals surface area (Å²) in [4.78, 5) is 2.39. The van der Waals surface area contributed by atoms with Gasteiger partial charge in [0, 0.05) is 13.1 Å². The number of hydrogen-bond donors (Lipinski definition) is 1. The van der Waals surface area contributed by atoms with Crippen LogP contribution in [0, 0.1) is 18.8 Å². The molecule has 114 valence electrons. The topological polar surface area (TPSA) is 23.5 Å². The van der Waals surface area contributed by atoms with Gasteiger partial charge in [0.15, 0.2) is 0 Å². The first-order chi connectivity index (χ1) is 9.38. The summed E-state index contributed by atoms with van der Waals surface area (Å²) in [7, 11) is 0. The lowest BCUT2D eigenvalue weighted by Crippen LogP contribution is -2.35. The lowest BCUT2D eigenvalue weighted by Gasteiger charge is -2.27. The monoisotopic (exact) mass is 277 g/mol. The second-order valence-electron chi connectivity index (χ2n) is 6.72. The van der Waals surface area contributed by atoms with Gasteiger partial charge in [-0.1, -0.05) is 57.5 Å². The minimum absolute atomic E-state index is 0.244. The molecule has 2 heteroatoms.